The lowest BCUT2D eigenvalue weighted by Crippen LogP contribution is -2.55. The van der Waals surface area contributed by atoms with E-state index in [1.54, 1.807) is 0 Å². The molecule has 8 aromatic carbocycles. The lowest BCUT2D eigenvalue weighted by atomic mass is 9.59. The van der Waals surface area contributed by atoms with E-state index in [0.717, 1.165) is 67.8 Å². The van der Waals surface area contributed by atoms with Gasteiger partial charge in [-0.2, -0.15) is 0 Å². The molecule has 290 valence electrons. The first kappa shape index (κ1) is 34.5. The molecule has 0 atom stereocenters. The van der Waals surface area contributed by atoms with Crippen molar-refractivity contribution in [2.24, 2.45) is 0 Å². The van der Waals surface area contributed by atoms with E-state index >= 15 is 0 Å². The van der Waals surface area contributed by atoms with Crippen LogP contribution in [0.4, 0.5) is 22.9 Å². The number of hydrogen-bond acceptors (Lipinski definition) is 4. The van der Waals surface area contributed by atoms with E-state index in [2.05, 4.69) is 212 Å². The van der Waals surface area contributed by atoms with Crippen molar-refractivity contribution in [3.8, 4) is 39.7 Å². The van der Waals surface area contributed by atoms with Gasteiger partial charge in [0.2, 0.25) is 0 Å². The summed E-state index contributed by atoms with van der Waals surface area (Å²) >= 11 is 0. The van der Waals surface area contributed by atoms with Gasteiger partial charge in [0.25, 0.3) is 6.33 Å². The first-order valence-corrected chi connectivity index (χ1v) is 20.9. The fourth-order valence-corrected chi connectivity index (χ4v) is 9.78. The molecule has 0 bridgehead atoms. The van der Waals surface area contributed by atoms with E-state index in [4.69, 9.17) is 9.72 Å². The monoisotopic (exact) mass is 794 g/mol. The second-order valence-electron chi connectivity index (χ2n) is 15.8. The van der Waals surface area contributed by atoms with Crippen LogP contribution in [-0.4, -0.2) is 21.1 Å². The molecule has 0 unspecified atom stereocenters. The van der Waals surface area contributed by atoms with E-state index in [-0.39, 0.29) is 6.98 Å². The molecular weight excluding hydrogens is 759 g/mol. The van der Waals surface area contributed by atoms with Crippen LogP contribution in [0, 0.1) is 6.33 Å². The Labute approximate surface area is 358 Å². The number of pyridine rings is 1. The van der Waals surface area contributed by atoms with E-state index in [9.17, 15) is 0 Å². The molecular formula is C54H35BN6O. The Morgan fingerprint density at radius 2 is 1.23 bits per heavy atom. The summed E-state index contributed by atoms with van der Waals surface area (Å²) in [5.74, 6) is 2.33. The molecule has 2 aliphatic heterocycles. The molecule has 7 nitrogen and oxygen atoms in total. The molecule has 8 heteroatoms. The van der Waals surface area contributed by atoms with Gasteiger partial charge >= 0.3 is 6.98 Å². The second-order valence-corrected chi connectivity index (χ2v) is 15.8. The Morgan fingerprint density at radius 3 is 2.13 bits per heavy atom. The topological polar surface area (TPSA) is 42.3 Å². The van der Waals surface area contributed by atoms with Gasteiger partial charge in [-0.3, -0.25) is 9.13 Å². The lowest BCUT2D eigenvalue weighted by Gasteiger charge is -2.35. The highest BCUT2D eigenvalue weighted by atomic mass is 16.5. The zero-order valence-electron chi connectivity index (χ0n) is 33.4. The number of nitrogens with zero attached hydrogens (tertiary/aromatic N) is 6. The molecule has 3 aromatic heterocycles. The van der Waals surface area contributed by atoms with Gasteiger partial charge in [0.1, 0.15) is 17.3 Å². The Hall–Kier alpha value is -8.36. The SMILES string of the molecule is [c-]1n(-c2cccc(Oc3ccc4c(c3)N(c3ccccn3)B3c5ccccc5-c5ccccc5N34)c2)c2ccccc2[n+]1-c1cccc2c3ccccc3n(-c3ccccc3)c12. The highest BCUT2D eigenvalue weighted by Crippen LogP contribution is 2.51. The average Bonchev–Trinajstić information content (AvgIpc) is 4.01. The van der Waals surface area contributed by atoms with E-state index in [1.165, 1.54) is 33.0 Å². The Bertz CT molecular complexity index is 3550. The van der Waals surface area contributed by atoms with Crippen LogP contribution in [0.3, 0.4) is 0 Å². The largest absolute Gasteiger partial charge is 0.458 e. The third kappa shape index (κ3) is 5.13. The number of para-hydroxylation sites is 6. The molecule has 2 aliphatic rings. The maximum Gasteiger partial charge on any atom is 0.422 e. The number of ether oxygens (including phenoxy) is 1. The van der Waals surface area contributed by atoms with Crippen LogP contribution in [0.15, 0.2) is 212 Å². The normalized spacial score (nSPS) is 12.7. The van der Waals surface area contributed by atoms with Gasteiger partial charge in [-0.25, -0.2) is 4.98 Å². The summed E-state index contributed by atoms with van der Waals surface area (Å²) < 4.78 is 13.5. The molecule has 11 aromatic rings. The van der Waals surface area contributed by atoms with Crippen LogP contribution in [0.5, 0.6) is 11.5 Å². The van der Waals surface area contributed by atoms with Crippen molar-refractivity contribution in [3.05, 3.63) is 219 Å². The number of aromatic nitrogens is 4. The summed E-state index contributed by atoms with van der Waals surface area (Å²) in [6.45, 7) is -0.117. The number of rotatable bonds is 6. The Kier molecular flexibility index (Phi) is 7.56. The molecule has 0 N–H and O–H groups in total. The maximum absolute atomic E-state index is 6.80. The minimum absolute atomic E-state index is 0.117. The standard InChI is InChI=1S/C54H35BN6O/c1-2-16-37(17-3-1)59-46-25-8-5-22-43(46)44-23-15-29-51(54(44)59)58-36-57(48-27-10-11-28-49(48)58)38-18-14-19-39(34-38)62-40-31-32-50-52(35-40)61(53-30-12-13-33-56-53)55-45-24-7-4-20-41(45)42-21-6-9-26-47(42)60(50)55/h1-35H. The van der Waals surface area contributed by atoms with Crippen LogP contribution < -0.4 is 24.4 Å². The number of anilines is 4. The minimum Gasteiger partial charge on any atom is -0.458 e. The first-order valence-electron chi connectivity index (χ1n) is 20.9. The summed E-state index contributed by atoms with van der Waals surface area (Å²) in [4.78, 5) is 9.66. The van der Waals surface area contributed by atoms with Crippen molar-refractivity contribution >= 4 is 68.2 Å². The zero-order chi connectivity index (χ0) is 40.7. The highest BCUT2D eigenvalue weighted by Gasteiger charge is 2.48. The maximum atomic E-state index is 6.80. The molecule has 5 heterocycles. The van der Waals surface area contributed by atoms with E-state index in [0.29, 0.717) is 0 Å². The van der Waals surface area contributed by atoms with Gasteiger partial charge < -0.3 is 18.9 Å². The number of hydrogen-bond donors (Lipinski definition) is 0. The van der Waals surface area contributed by atoms with Gasteiger partial charge in [0.05, 0.1) is 44.8 Å². The van der Waals surface area contributed by atoms with Crippen molar-refractivity contribution in [2.45, 2.75) is 0 Å². The van der Waals surface area contributed by atoms with E-state index < -0.39 is 0 Å². The molecule has 0 aliphatic carbocycles. The minimum atomic E-state index is -0.117. The van der Waals surface area contributed by atoms with Crippen molar-refractivity contribution < 1.29 is 9.30 Å². The van der Waals surface area contributed by atoms with Crippen LogP contribution in [0.25, 0.3) is 61.0 Å². The lowest BCUT2D eigenvalue weighted by molar-refractivity contribution is -0.571. The van der Waals surface area contributed by atoms with Crippen LogP contribution >= 0.6 is 0 Å². The molecule has 0 spiro atoms. The van der Waals surface area contributed by atoms with Gasteiger partial charge in [-0.1, -0.05) is 127 Å². The first-order chi connectivity index (χ1) is 30.8. The molecule has 0 amide bonds. The molecule has 62 heavy (non-hydrogen) atoms. The van der Waals surface area contributed by atoms with Gasteiger partial charge in [0.15, 0.2) is 0 Å². The van der Waals surface area contributed by atoms with Crippen LogP contribution in [0.1, 0.15) is 0 Å². The molecule has 0 radical (unpaired) electrons. The highest BCUT2D eigenvalue weighted by molar-refractivity contribution is 6.86. The molecule has 13 rings (SSSR count). The summed E-state index contributed by atoms with van der Waals surface area (Å²) in [5.41, 5.74) is 14.4. The van der Waals surface area contributed by atoms with Crippen LogP contribution in [-0.2, 0) is 0 Å². The predicted molar refractivity (Wildman–Crippen MR) is 250 cm³/mol. The molecule has 0 saturated heterocycles. The summed E-state index contributed by atoms with van der Waals surface area (Å²) in [6, 6.07) is 72.5. The van der Waals surface area contributed by atoms with Crippen molar-refractivity contribution in [3.63, 3.8) is 0 Å². The summed E-state index contributed by atoms with van der Waals surface area (Å²) in [7, 11) is 0. The van der Waals surface area contributed by atoms with Gasteiger partial charge in [-0.15, -0.1) is 0 Å². The number of benzene rings is 8. The predicted octanol–water partition coefficient (Wildman–Crippen LogP) is 11.7. The average molecular weight is 795 g/mol. The van der Waals surface area contributed by atoms with Crippen molar-refractivity contribution in [2.75, 3.05) is 9.62 Å². The Morgan fingerprint density at radius 1 is 0.500 bits per heavy atom. The fraction of sp³-hybridized carbons (Fsp3) is 0. The Balaban J connectivity index is 0.919. The smallest absolute Gasteiger partial charge is 0.422 e. The quantitative estimate of drug-likeness (QED) is 0.0955. The third-order valence-corrected chi connectivity index (χ3v) is 12.3. The van der Waals surface area contributed by atoms with Gasteiger partial charge in [0, 0.05) is 40.0 Å². The van der Waals surface area contributed by atoms with Gasteiger partial charge in [-0.05, 0) is 83.8 Å². The van der Waals surface area contributed by atoms with Crippen molar-refractivity contribution in [1.82, 2.24) is 14.1 Å². The van der Waals surface area contributed by atoms with E-state index in [1.807, 2.05) is 30.5 Å². The van der Waals surface area contributed by atoms with Crippen LogP contribution in [0.2, 0.25) is 0 Å². The fourth-order valence-electron chi connectivity index (χ4n) is 9.78. The second kappa shape index (κ2) is 13.6. The van der Waals surface area contributed by atoms with Crippen molar-refractivity contribution in [1.29, 1.82) is 0 Å². The number of fused-ring (bicyclic) bond motifs is 12. The third-order valence-electron chi connectivity index (χ3n) is 12.3. The molecule has 0 saturated carbocycles. The summed E-state index contributed by atoms with van der Waals surface area (Å²) in [5, 5.41) is 2.40. The summed E-state index contributed by atoms with van der Waals surface area (Å²) in [6.07, 6.45) is 5.64. The zero-order valence-corrected chi connectivity index (χ0v) is 33.4. The number of imidazole rings is 1. The molecule has 0 fully saturated rings.